The maximum absolute atomic E-state index is 12.1. The third-order valence-corrected chi connectivity index (χ3v) is 1.88. The van der Waals surface area contributed by atoms with Crippen LogP contribution in [0.1, 0.15) is 13.3 Å². The molecule has 0 aliphatic rings. The second-order valence-corrected chi connectivity index (χ2v) is 3.44. The van der Waals surface area contributed by atoms with Gasteiger partial charge in [-0.1, -0.05) is 19.1 Å². The van der Waals surface area contributed by atoms with Crippen LogP contribution in [0.3, 0.4) is 0 Å². The molecule has 0 aromatic heterocycles. The molecule has 0 aliphatic carbocycles. The van der Waals surface area contributed by atoms with Crippen LogP contribution >= 0.6 is 24.0 Å². The van der Waals surface area contributed by atoms with Crippen molar-refractivity contribution in [2.45, 2.75) is 19.7 Å². The van der Waals surface area contributed by atoms with Gasteiger partial charge in [-0.15, -0.1) is 37.1 Å². The Morgan fingerprint density at radius 3 is 2.58 bits per heavy atom. The van der Waals surface area contributed by atoms with Crippen molar-refractivity contribution in [3.05, 3.63) is 24.3 Å². The number of para-hydroxylation sites is 2. The average molecular weight is 389 g/mol. The van der Waals surface area contributed by atoms with E-state index in [-0.39, 0.29) is 41.4 Å². The van der Waals surface area contributed by atoms with Crippen LogP contribution < -0.4 is 15.8 Å². The van der Waals surface area contributed by atoms with Gasteiger partial charge in [-0.3, -0.25) is 4.99 Å². The van der Waals surface area contributed by atoms with Crippen LogP contribution in [0.4, 0.5) is 18.9 Å². The number of guanidine groups is 1. The SMILES string of the molecule is CCCN=C(N)Nc1ccccc1OC(F)(F)F.I. The molecule has 0 radical (unpaired) electrons. The fourth-order valence-electron chi connectivity index (χ4n) is 1.19. The zero-order valence-corrected chi connectivity index (χ0v) is 12.5. The molecule has 19 heavy (non-hydrogen) atoms. The van der Waals surface area contributed by atoms with Crippen LogP contribution in [0.2, 0.25) is 0 Å². The van der Waals surface area contributed by atoms with E-state index in [9.17, 15) is 13.2 Å². The van der Waals surface area contributed by atoms with Gasteiger partial charge < -0.3 is 15.8 Å². The lowest BCUT2D eigenvalue weighted by molar-refractivity contribution is -0.274. The van der Waals surface area contributed by atoms with Crippen LogP contribution in [0.15, 0.2) is 29.3 Å². The molecule has 0 amide bonds. The lowest BCUT2D eigenvalue weighted by atomic mass is 10.3. The highest BCUT2D eigenvalue weighted by atomic mass is 127. The van der Waals surface area contributed by atoms with Crippen LogP contribution in [0.5, 0.6) is 5.75 Å². The van der Waals surface area contributed by atoms with Gasteiger partial charge in [0.2, 0.25) is 0 Å². The number of ether oxygens (including phenoxy) is 1. The van der Waals surface area contributed by atoms with E-state index in [1.54, 1.807) is 6.07 Å². The van der Waals surface area contributed by atoms with Crippen molar-refractivity contribution in [1.29, 1.82) is 0 Å². The molecule has 0 spiro atoms. The first kappa shape index (κ1) is 17.8. The highest BCUT2D eigenvalue weighted by Crippen LogP contribution is 2.29. The van der Waals surface area contributed by atoms with Crippen LogP contribution in [-0.4, -0.2) is 18.9 Å². The van der Waals surface area contributed by atoms with Gasteiger partial charge in [-0.25, -0.2) is 0 Å². The Morgan fingerprint density at radius 1 is 1.37 bits per heavy atom. The third kappa shape index (κ3) is 7.09. The summed E-state index contributed by atoms with van der Waals surface area (Å²) in [5.41, 5.74) is 5.64. The first-order chi connectivity index (χ1) is 8.42. The summed E-state index contributed by atoms with van der Waals surface area (Å²) < 4.78 is 40.3. The maximum Gasteiger partial charge on any atom is 0.573 e. The standard InChI is InChI=1S/C11H14F3N3O.HI/c1-2-7-16-10(15)17-8-5-3-4-6-9(8)18-11(12,13)14;/h3-6H,2,7H2,1H3,(H3,15,16,17);1H. The van der Waals surface area contributed by atoms with Gasteiger partial charge >= 0.3 is 6.36 Å². The first-order valence-corrected chi connectivity index (χ1v) is 5.34. The molecule has 3 N–H and O–H groups in total. The molecule has 108 valence electrons. The topological polar surface area (TPSA) is 59.6 Å². The Kier molecular flexibility index (Phi) is 7.57. The van der Waals surface area contributed by atoms with Crippen molar-refractivity contribution in [3.8, 4) is 5.75 Å². The first-order valence-electron chi connectivity index (χ1n) is 5.34. The van der Waals surface area contributed by atoms with Gasteiger partial charge in [-0.05, 0) is 18.6 Å². The number of anilines is 1. The van der Waals surface area contributed by atoms with Gasteiger partial charge in [0.1, 0.15) is 0 Å². The number of aliphatic imine (C=N–C) groups is 1. The number of halogens is 4. The van der Waals surface area contributed by atoms with Crippen molar-refractivity contribution in [2.75, 3.05) is 11.9 Å². The summed E-state index contributed by atoms with van der Waals surface area (Å²) in [6.07, 6.45) is -3.95. The van der Waals surface area contributed by atoms with E-state index in [0.29, 0.717) is 6.54 Å². The predicted octanol–water partition coefficient (Wildman–Crippen LogP) is 3.34. The van der Waals surface area contributed by atoms with E-state index in [0.717, 1.165) is 6.42 Å². The Balaban J connectivity index is 0.00000324. The summed E-state index contributed by atoms with van der Waals surface area (Å²) in [4.78, 5) is 3.92. The minimum absolute atomic E-state index is 0. The van der Waals surface area contributed by atoms with Crippen molar-refractivity contribution < 1.29 is 17.9 Å². The molecule has 0 heterocycles. The van der Waals surface area contributed by atoms with Crippen LogP contribution in [0, 0.1) is 0 Å². The molecule has 1 rings (SSSR count). The Morgan fingerprint density at radius 2 is 2.00 bits per heavy atom. The van der Waals surface area contributed by atoms with E-state index in [2.05, 4.69) is 15.0 Å². The smallest absolute Gasteiger partial charge is 0.404 e. The van der Waals surface area contributed by atoms with E-state index in [1.165, 1.54) is 18.2 Å². The summed E-state index contributed by atoms with van der Waals surface area (Å²) >= 11 is 0. The highest BCUT2D eigenvalue weighted by Gasteiger charge is 2.32. The summed E-state index contributed by atoms with van der Waals surface area (Å²) in [7, 11) is 0. The van der Waals surface area contributed by atoms with Crippen LogP contribution in [-0.2, 0) is 0 Å². The molecule has 0 saturated heterocycles. The minimum Gasteiger partial charge on any atom is -0.404 e. The molecule has 4 nitrogen and oxygen atoms in total. The predicted molar refractivity (Wildman–Crippen MR) is 78.9 cm³/mol. The molecule has 1 aromatic carbocycles. The molecule has 0 unspecified atom stereocenters. The summed E-state index contributed by atoms with van der Waals surface area (Å²) in [5, 5.41) is 2.57. The molecular weight excluding hydrogens is 374 g/mol. The fourth-order valence-corrected chi connectivity index (χ4v) is 1.19. The Bertz CT molecular complexity index is 424. The molecule has 8 heteroatoms. The Labute approximate surface area is 126 Å². The van der Waals surface area contributed by atoms with Gasteiger partial charge in [-0.2, -0.15) is 0 Å². The highest BCUT2D eigenvalue weighted by molar-refractivity contribution is 14.0. The van der Waals surface area contributed by atoms with E-state index in [4.69, 9.17) is 5.73 Å². The quantitative estimate of drug-likeness (QED) is 0.472. The molecule has 1 aromatic rings. The number of alkyl halides is 3. The largest absolute Gasteiger partial charge is 0.573 e. The van der Waals surface area contributed by atoms with Crippen molar-refractivity contribution in [2.24, 2.45) is 10.7 Å². The zero-order chi connectivity index (χ0) is 13.6. The molecule has 0 atom stereocenters. The number of hydrogen-bond acceptors (Lipinski definition) is 2. The minimum atomic E-state index is -4.74. The lowest BCUT2D eigenvalue weighted by Gasteiger charge is -2.13. The van der Waals surface area contributed by atoms with Gasteiger partial charge in [0.15, 0.2) is 11.7 Å². The third-order valence-electron chi connectivity index (χ3n) is 1.88. The van der Waals surface area contributed by atoms with Crippen molar-refractivity contribution in [3.63, 3.8) is 0 Å². The fraction of sp³-hybridized carbons (Fsp3) is 0.364. The lowest BCUT2D eigenvalue weighted by Crippen LogP contribution is -2.24. The molecule has 0 aliphatic heterocycles. The second-order valence-electron chi connectivity index (χ2n) is 3.44. The maximum atomic E-state index is 12.1. The summed E-state index contributed by atoms with van der Waals surface area (Å²) in [6, 6.07) is 5.63. The number of nitrogens with one attached hydrogen (secondary N) is 1. The van der Waals surface area contributed by atoms with E-state index < -0.39 is 6.36 Å². The van der Waals surface area contributed by atoms with Gasteiger partial charge in [0.25, 0.3) is 0 Å². The summed E-state index contributed by atoms with van der Waals surface area (Å²) in [5.74, 6) is -0.297. The number of hydrogen-bond donors (Lipinski definition) is 2. The van der Waals surface area contributed by atoms with E-state index in [1.807, 2.05) is 6.92 Å². The van der Waals surface area contributed by atoms with Crippen LogP contribution in [0.25, 0.3) is 0 Å². The monoisotopic (exact) mass is 389 g/mol. The number of nitrogens with zero attached hydrogens (tertiary/aromatic N) is 1. The van der Waals surface area contributed by atoms with Crippen molar-refractivity contribution >= 4 is 35.6 Å². The zero-order valence-electron chi connectivity index (χ0n) is 10.2. The van der Waals surface area contributed by atoms with Crippen molar-refractivity contribution in [1.82, 2.24) is 0 Å². The molecular formula is C11H15F3IN3O. The van der Waals surface area contributed by atoms with Gasteiger partial charge in [0.05, 0.1) is 5.69 Å². The summed E-state index contributed by atoms with van der Waals surface area (Å²) in [6.45, 7) is 2.42. The van der Waals surface area contributed by atoms with Gasteiger partial charge in [0, 0.05) is 6.54 Å². The average Bonchev–Trinajstić information content (AvgIpc) is 2.27. The molecule has 0 bridgehead atoms. The van der Waals surface area contributed by atoms with E-state index >= 15 is 0 Å². The number of nitrogens with two attached hydrogens (primary N) is 1. The Hall–Kier alpha value is -1.19. The molecule has 0 fully saturated rings. The molecule has 0 saturated carbocycles. The number of rotatable bonds is 4. The second kappa shape index (κ2) is 8.08. The normalized spacial score (nSPS) is 11.7. The number of benzene rings is 1.